The fourth-order valence-corrected chi connectivity index (χ4v) is 5.19. The number of aliphatic hydroxyl groups is 1. The molecule has 3 aromatic rings. The van der Waals surface area contributed by atoms with Gasteiger partial charge in [-0.25, -0.2) is 4.98 Å². The van der Waals surface area contributed by atoms with Crippen molar-refractivity contribution in [3.63, 3.8) is 0 Å². The number of aromatic amines is 2. The van der Waals surface area contributed by atoms with Crippen molar-refractivity contribution in [2.24, 2.45) is 5.41 Å². The first-order valence-electron chi connectivity index (χ1n) is 11.4. The molecule has 2 saturated heterocycles. The third kappa shape index (κ3) is 4.87. The number of nitrogens with one attached hydrogen (secondary N) is 2. The Kier molecular flexibility index (Phi) is 7.39. The fourth-order valence-electron chi connectivity index (χ4n) is 5.19. The van der Waals surface area contributed by atoms with E-state index in [0.29, 0.717) is 18.8 Å². The zero-order valence-electron chi connectivity index (χ0n) is 18.9. The van der Waals surface area contributed by atoms with E-state index in [-0.39, 0.29) is 30.4 Å². The van der Waals surface area contributed by atoms with Gasteiger partial charge >= 0.3 is 0 Å². The number of fused-ring (bicyclic) bond motifs is 1. The summed E-state index contributed by atoms with van der Waals surface area (Å²) in [7, 11) is 0. The molecule has 2 aliphatic rings. The highest BCUT2D eigenvalue weighted by Gasteiger charge is 2.48. The molecule has 0 bridgehead atoms. The van der Waals surface area contributed by atoms with E-state index in [9.17, 15) is 9.90 Å². The van der Waals surface area contributed by atoms with E-state index in [1.165, 1.54) is 0 Å². The second kappa shape index (κ2) is 10.6. The predicted octanol–water partition coefficient (Wildman–Crippen LogP) is 1.99. The summed E-state index contributed by atoms with van der Waals surface area (Å²) >= 11 is 0. The van der Waals surface area contributed by atoms with Crippen LogP contribution in [0.3, 0.4) is 0 Å². The summed E-state index contributed by atoms with van der Waals surface area (Å²) in [5, 5.41) is 24.5. The molecule has 2 fully saturated rings. The number of piperidine rings is 2. The molecule has 0 radical (unpaired) electrons. The molecule has 4 heterocycles. The van der Waals surface area contributed by atoms with Gasteiger partial charge in [-0.15, -0.1) is 0 Å². The summed E-state index contributed by atoms with van der Waals surface area (Å²) in [5.41, 5.74) is 3.15. The average molecular weight is 467 g/mol. The van der Waals surface area contributed by atoms with E-state index in [2.05, 4.69) is 25.1 Å². The highest BCUT2D eigenvalue weighted by molar-refractivity contribution is 5.93. The third-order valence-corrected chi connectivity index (χ3v) is 6.95. The first kappa shape index (κ1) is 23.7. The number of carboxylic acid groups (broad SMARTS) is 1. The summed E-state index contributed by atoms with van der Waals surface area (Å²) < 4.78 is 0. The zero-order chi connectivity index (χ0) is 24.0. The van der Waals surface area contributed by atoms with Crippen molar-refractivity contribution < 1.29 is 19.8 Å². The van der Waals surface area contributed by atoms with Crippen LogP contribution in [0.15, 0.2) is 48.9 Å². The van der Waals surface area contributed by atoms with E-state index in [0.717, 1.165) is 49.3 Å². The lowest BCUT2D eigenvalue weighted by Crippen LogP contribution is -2.63. The summed E-state index contributed by atoms with van der Waals surface area (Å²) in [4.78, 5) is 33.3. The van der Waals surface area contributed by atoms with E-state index in [1.54, 1.807) is 6.33 Å². The minimum absolute atomic E-state index is 0.0340. The first-order chi connectivity index (χ1) is 16.6. The standard InChI is InChI=1S/C23H28N6O2.CH2O2/c30-15-23-7-4-9-28(13-18-12-24-16-25-18)21(23)14-29(10-8-23)22(31)20-11-19(26-27-20)17-5-2-1-3-6-17;2-1-3/h1-3,5-6,11-12,16,21,30H,4,7-10,13-15H2,(H,24,25)(H,26,27);1H,(H,2,3)/t21-,23-;/m0./s1. The Morgan fingerprint density at radius 3 is 2.74 bits per heavy atom. The monoisotopic (exact) mass is 466 g/mol. The van der Waals surface area contributed by atoms with Crippen LogP contribution in [0.25, 0.3) is 11.3 Å². The summed E-state index contributed by atoms with van der Waals surface area (Å²) in [5.74, 6) is -0.0340. The highest BCUT2D eigenvalue weighted by Crippen LogP contribution is 2.42. The van der Waals surface area contributed by atoms with Crippen LogP contribution >= 0.6 is 0 Å². The topological polar surface area (TPSA) is 138 Å². The Morgan fingerprint density at radius 2 is 2.03 bits per heavy atom. The van der Waals surface area contributed by atoms with Gasteiger partial charge in [0.05, 0.1) is 18.6 Å². The van der Waals surface area contributed by atoms with Gasteiger partial charge < -0.3 is 20.1 Å². The van der Waals surface area contributed by atoms with Crippen molar-refractivity contribution in [1.82, 2.24) is 30.0 Å². The molecule has 2 aromatic heterocycles. The van der Waals surface area contributed by atoms with Gasteiger partial charge in [0.15, 0.2) is 0 Å². The maximum atomic E-state index is 13.3. The maximum absolute atomic E-state index is 13.3. The Labute approximate surface area is 197 Å². The number of carbonyl (C=O) groups excluding carboxylic acids is 1. The molecular weight excluding hydrogens is 436 g/mol. The molecule has 34 heavy (non-hydrogen) atoms. The quantitative estimate of drug-likeness (QED) is 0.422. The van der Waals surface area contributed by atoms with E-state index in [4.69, 9.17) is 9.90 Å². The van der Waals surface area contributed by atoms with Gasteiger partial charge in [0.25, 0.3) is 12.4 Å². The van der Waals surface area contributed by atoms with Crippen LogP contribution < -0.4 is 0 Å². The normalized spacial score (nSPS) is 22.4. The van der Waals surface area contributed by atoms with E-state index >= 15 is 0 Å². The lowest BCUT2D eigenvalue weighted by Gasteiger charge is -2.54. The molecule has 4 N–H and O–H groups in total. The van der Waals surface area contributed by atoms with E-state index < -0.39 is 0 Å². The molecule has 0 spiro atoms. The number of aliphatic hydroxyl groups excluding tert-OH is 1. The Hall–Kier alpha value is -3.50. The Balaban J connectivity index is 0.000000868. The van der Waals surface area contributed by atoms with Gasteiger partial charge in [-0.05, 0) is 31.9 Å². The van der Waals surface area contributed by atoms with Crippen LogP contribution in [-0.4, -0.2) is 84.8 Å². The minimum Gasteiger partial charge on any atom is -0.483 e. The SMILES string of the molecule is O=C(c1cc(-c2ccccc2)n[nH]1)N1CC[C@]2(CO)CCCN(Cc3cnc[nH]3)[C@H]2C1.O=CO. The smallest absolute Gasteiger partial charge is 0.290 e. The number of benzene rings is 1. The number of nitrogens with zero attached hydrogens (tertiary/aromatic N) is 4. The van der Waals surface area contributed by atoms with Crippen molar-refractivity contribution >= 4 is 12.4 Å². The van der Waals surface area contributed by atoms with Crippen molar-refractivity contribution in [2.45, 2.75) is 31.8 Å². The van der Waals surface area contributed by atoms with Gasteiger partial charge in [0, 0.05) is 48.5 Å². The number of hydrogen-bond acceptors (Lipinski definition) is 6. The van der Waals surface area contributed by atoms with Crippen LogP contribution in [0.4, 0.5) is 0 Å². The highest BCUT2D eigenvalue weighted by atomic mass is 16.3. The van der Waals surface area contributed by atoms with Gasteiger partial charge in [0.2, 0.25) is 0 Å². The largest absolute Gasteiger partial charge is 0.483 e. The average Bonchev–Trinajstić information content (AvgIpc) is 3.57. The number of aromatic nitrogens is 4. The van der Waals surface area contributed by atoms with Crippen molar-refractivity contribution in [3.8, 4) is 11.3 Å². The third-order valence-electron chi connectivity index (χ3n) is 6.95. The lowest BCUT2D eigenvalue weighted by atomic mass is 9.69. The molecule has 5 rings (SSSR count). The second-order valence-electron chi connectivity index (χ2n) is 8.83. The van der Waals surface area contributed by atoms with Gasteiger partial charge in [-0.2, -0.15) is 5.10 Å². The molecule has 0 unspecified atom stereocenters. The molecule has 10 nitrogen and oxygen atoms in total. The maximum Gasteiger partial charge on any atom is 0.290 e. The number of amides is 1. The molecule has 2 aliphatic heterocycles. The molecule has 2 atom stereocenters. The Bertz CT molecular complexity index is 1070. The first-order valence-corrected chi connectivity index (χ1v) is 11.4. The number of rotatable bonds is 5. The Morgan fingerprint density at radius 1 is 1.24 bits per heavy atom. The molecule has 1 amide bonds. The molecule has 0 saturated carbocycles. The molecule has 0 aliphatic carbocycles. The predicted molar refractivity (Wildman–Crippen MR) is 125 cm³/mol. The number of hydrogen-bond donors (Lipinski definition) is 4. The number of imidazole rings is 1. The van der Waals surface area contributed by atoms with Gasteiger partial charge in [-0.3, -0.25) is 19.6 Å². The van der Waals surface area contributed by atoms with Crippen LogP contribution in [0.5, 0.6) is 0 Å². The summed E-state index contributed by atoms with van der Waals surface area (Å²) in [6, 6.07) is 11.8. The number of H-pyrrole nitrogens is 2. The summed E-state index contributed by atoms with van der Waals surface area (Å²) in [6.07, 6.45) is 6.39. The van der Waals surface area contributed by atoms with Crippen LogP contribution in [0, 0.1) is 5.41 Å². The van der Waals surface area contributed by atoms with E-state index in [1.807, 2.05) is 47.5 Å². The van der Waals surface area contributed by atoms with Crippen LogP contribution in [-0.2, 0) is 11.3 Å². The lowest BCUT2D eigenvalue weighted by molar-refractivity contribution is -0.122. The molecule has 10 heteroatoms. The molecule has 180 valence electrons. The van der Waals surface area contributed by atoms with Crippen LogP contribution in [0.1, 0.15) is 35.4 Å². The number of carbonyl (C=O) groups is 2. The minimum atomic E-state index is -0.250. The molecular formula is C24H30N6O4. The molecule has 1 aromatic carbocycles. The van der Waals surface area contributed by atoms with Crippen LogP contribution in [0.2, 0.25) is 0 Å². The van der Waals surface area contributed by atoms with Crippen molar-refractivity contribution in [2.75, 3.05) is 26.2 Å². The number of likely N-dealkylation sites (tertiary alicyclic amines) is 2. The van der Waals surface area contributed by atoms with Crippen molar-refractivity contribution in [3.05, 3.63) is 60.3 Å². The van der Waals surface area contributed by atoms with Crippen molar-refractivity contribution in [1.29, 1.82) is 0 Å². The summed E-state index contributed by atoms with van der Waals surface area (Å²) in [6.45, 7) is 2.86. The zero-order valence-corrected chi connectivity index (χ0v) is 18.9. The van der Waals surface area contributed by atoms with Gasteiger partial charge in [0.1, 0.15) is 5.69 Å². The fraction of sp³-hybridized carbons (Fsp3) is 0.417. The second-order valence-corrected chi connectivity index (χ2v) is 8.83. The van der Waals surface area contributed by atoms with Gasteiger partial charge in [-0.1, -0.05) is 30.3 Å².